The van der Waals surface area contributed by atoms with E-state index in [0.29, 0.717) is 6.61 Å². The first-order chi connectivity index (χ1) is 8.72. The van der Waals surface area contributed by atoms with E-state index in [4.69, 9.17) is 4.74 Å². The lowest BCUT2D eigenvalue weighted by Crippen LogP contribution is -2.29. The number of esters is 2. The summed E-state index contributed by atoms with van der Waals surface area (Å²) in [5.74, 6) is -1.06. The van der Waals surface area contributed by atoms with E-state index in [1.807, 2.05) is 0 Å². The molecular weight excluding hydrogens is 234 g/mol. The van der Waals surface area contributed by atoms with Crippen LogP contribution in [-0.2, 0) is 19.1 Å². The minimum absolute atomic E-state index is 0.365. The number of rotatable bonds is 5. The van der Waals surface area contributed by atoms with Crippen LogP contribution >= 0.6 is 0 Å². The number of ether oxygens (including phenoxy) is 2. The van der Waals surface area contributed by atoms with E-state index < -0.39 is 11.9 Å². The molecule has 102 valence electrons. The van der Waals surface area contributed by atoms with Crippen molar-refractivity contribution in [1.82, 2.24) is 4.90 Å². The number of methoxy groups -OCH3 is 1. The van der Waals surface area contributed by atoms with Crippen LogP contribution in [0.25, 0.3) is 0 Å². The molecular formula is C13H21NO4. The van der Waals surface area contributed by atoms with Crippen molar-refractivity contribution in [2.75, 3.05) is 33.4 Å². The van der Waals surface area contributed by atoms with E-state index in [2.05, 4.69) is 9.64 Å². The van der Waals surface area contributed by atoms with Gasteiger partial charge < -0.3 is 9.47 Å². The van der Waals surface area contributed by atoms with Crippen LogP contribution in [0, 0.1) is 0 Å². The van der Waals surface area contributed by atoms with Gasteiger partial charge in [-0.25, -0.2) is 9.59 Å². The second-order valence-corrected chi connectivity index (χ2v) is 4.28. The zero-order valence-electron chi connectivity index (χ0n) is 10.9. The summed E-state index contributed by atoms with van der Waals surface area (Å²) in [4.78, 5) is 24.3. The van der Waals surface area contributed by atoms with Gasteiger partial charge in [-0.05, 0) is 25.9 Å². The molecule has 0 aromatic rings. The molecule has 0 aliphatic carbocycles. The molecule has 1 aliphatic rings. The highest BCUT2D eigenvalue weighted by molar-refractivity contribution is 5.91. The number of hydrogen-bond donors (Lipinski definition) is 0. The molecule has 1 heterocycles. The molecule has 1 rings (SSSR count). The summed E-state index contributed by atoms with van der Waals surface area (Å²) in [6, 6.07) is 0. The fourth-order valence-electron chi connectivity index (χ4n) is 1.89. The summed E-state index contributed by atoms with van der Waals surface area (Å²) in [7, 11) is 1.26. The first kappa shape index (κ1) is 14.7. The number of hydrogen-bond acceptors (Lipinski definition) is 5. The average Bonchev–Trinajstić information content (AvgIpc) is 2.64. The molecule has 18 heavy (non-hydrogen) atoms. The van der Waals surface area contributed by atoms with Gasteiger partial charge in [0.2, 0.25) is 0 Å². The van der Waals surface area contributed by atoms with E-state index in [1.54, 1.807) is 0 Å². The molecule has 0 saturated carbocycles. The molecule has 0 atom stereocenters. The Kier molecular flexibility index (Phi) is 7.10. The van der Waals surface area contributed by atoms with Crippen molar-refractivity contribution in [3.05, 3.63) is 12.2 Å². The Balaban J connectivity index is 2.14. The molecule has 0 aromatic carbocycles. The van der Waals surface area contributed by atoms with Crippen molar-refractivity contribution in [2.45, 2.75) is 25.7 Å². The van der Waals surface area contributed by atoms with Crippen LogP contribution in [0.5, 0.6) is 0 Å². The number of likely N-dealkylation sites (tertiary alicyclic amines) is 1. The Morgan fingerprint density at radius 2 is 1.67 bits per heavy atom. The van der Waals surface area contributed by atoms with E-state index in [9.17, 15) is 9.59 Å². The van der Waals surface area contributed by atoms with E-state index in [1.165, 1.54) is 32.8 Å². The van der Waals surface area contributed by atoms with E-state index >= 15 is 0 Å². The monoisotopic (exact) mass is 255 g/mol. The first-order valence-electron chi connectivity index (χ1n) is 6.37. The second-order valence-electron chi connectivity index (χ2n) is 4.28. The lowest BCUT2D eigenvalue weighted by Gasteiger charge is -2.18. The fraction of sp³-hybridized carbons (Fsp3) is 0.692. The van der Waals surface area contributed by atoms with Gasteiger partial charge in [0, 0.05) is 18.7 Å². The van der Waals surface area contributed by atoms with Crippen molar-refractivity contribution >= 4 is 11.9 Å². The van der Waals surface area contributed by atoms with Crippen molar-refractivity contribution < 1.29 is 19.1 Å². The third-order valence-corrected chi connectivity index (χ3v) is 2.91. The van der Waals surface area contributed by atoms with Gasteiger partial charge >= 0.3 is 11.9 Å². The smallest absolute Gasteiger partial charge is 0.331 e. The van der Waals surface area contributed by atoms with Crippen LogP contribution in [0.1, 0.15) is 25.7 Å². The predicted molar refractivity (Wildman–Crippen MR) is 67.0 cm³/mol. The Morgan fingerprint density at radius 1 is 1.06 bits per heavy atom. The summed E-state index contributed by atoms with van der Waals surface area (Å²) in [5, 5.41) is 0. The topological polar surface area (TPSA) is 55.8 Å². The molecule has 1 saturated heterocycles. The number of carbonyl (C=O) groups excluding carboxylic acids is 2. The van der Waals surface area contributed by atoms with Gasteiger partial charge in [-0.3, -0.25) is 4.90 Å². The van der Waals surface area contributed by atoms with Gasteiger partial charge in [-0.1, -0.05) is 12.8 Å². The number of carbonyl (C=O) groups is 2. The molecule has 0 bridgehead atoms. The van der Waals surface area contributed by atoms with Crippen LogP contribution < -0.4 is 0 Å². The SMILES string of the molecule is COC(=O)C=CC(=O)OCCN1CCCCCC1. The Labute approximate surface area is 108 Å². The normalized spacial score (nSPS) is 17.4. The maximum absolute atomic E-state index is 11.2. The molecule has 0 radical (unpaired) electrons. The van der Waals surface area contributed by atoms with Crippen molar-refractivity contribution in [2.24, 2.45) is 0 Å². The fourth-order valence-corrected chi connectivity index (χ4v) is 1.89. The van der Waals surface area contributed by atoms with Gasteiger partial charge in [-0.2, -0.15) is 0 Å². The van der Waals surface area contributed by atoms with Gasteiger partial charge in [0.15, 0.2) is 0 Å². The predicted octanol–water partition coefficient (Wildman–Crippen LogP) is 1.13. The van der Waals surface area contributed by atoms with E-state index in [0.717, 1.165) is 31.8 Å². The molecule has 0 spiro atoms. The van der Waals surface area contributed by atoms with Crippen molar-refractivity contribution in [3.8, 4) is 0 Å². The first-order valence-corrected chi connectivity index (χ1v) is 6.37. The zero-order chi connectivity index (χ0) is 13.2. The molecule has 1 aliphatic heterocycles. The summed E-state index contributed by atoms with van der Waals surface area (Å²) in [6.07, 6.45) is 7.17. The Bertz CT molecular complexity index is 293. The Hall–Kier alpha value is -1.36. The maximum atomic E-state index is 11.2. The average molecular weight is 255 g/mol. The summed E-state index contributed by atoms with van der Waals surface area (Å²) < 4.78 is 9.38. The van der Waals surface area contributed by atoms with Crippen LogP contribution in [0.4, 0.5) is 0 Å². The molecule has 0 unspecified atom stereocenters. The third kappa shape index (κ3) is 6.39. The minimum atomic E-state index is -0.556. The lowest BCUT2D eigenvalue weighted by molar-refractivity contribution is -0.139. The van der Waals surface area contributed by atoms with Crippen LogP contribution in [0.2, 0.25) is 0 Å². The highest BCUT2D eigenvalue weighted by atomic mass is 16.5. The van der Waals surface area contributed by atoms with Gasteiger partial charge in [-0.15, -0.1) is 0 Å². The highest BCUT2D eigenvalue weighted by Crippen LogP contribution is 2.08. The van der Waals surface area contributed by atoms with E-state index in [-0.39, 0.29) is 0 Å². The number of nitrogens with zero attached hydrogens (tertiary/aromatic N) is 1. The van der Waals surface area contributed by atoms with Crippen molar-refractivity contribution in [1.29, 1.82) is 0 Å². The van der Waals surface area contributed by atoms with Crippen molar-refractivity contribution in [3.63, 3.8) is 0 Å². The standard InChI is InChI=1S/C13H21NO4/c1-17-12(15)6-7-13(16)18-11-10-14-8-4-2-3-5-9-14/h6-7H,2-5,8-11H2,1H3. The molecule has 0 N–H and O–H groups in total. The molecule has 0 amide bonds. The van der Waals surface area contributed by atoms with Crippen LogP contribution in [-0.4, -0.2) is 50.2 Å². The van der Waals surface area contributed by atoms with Gasteiger partial charge in [0.1, 0.15) is 6.61 Å². The minimum Gasteiger partial charge on any atom is -0.466 e. The lowest BCUT2D eigenvalue weighted by atomic mass is 10.2. The van der Waals surface area contributed by atoms with Crippen LogP contribution in [0.3, 0.4) is 0 Å². The summed E-state index contributed by atoms with van der Waals surface area (Å²) in [6.45, 7) is 3.28. The van der Waals surface area contributed by atoms with Crippen LogP contribution in [0.15, 0.2) is 12.2 Å². The van der Waals surface area contributed by atoms with Gasteiger partial charge in [0.05, 0.1) is 7.11 Å². The Morgan fingerprint density at radius 3 is 2.28 bits per heavy atom. The molecule has 5 nitrogen and oxygen atoms in total. The zero-order valence-corrected chi connectivity index (χ0v) is 10.9. The molecule has 5 heteroatoms. The largest absolute Gasteiger partial charge is 0.466 e. The maximum Gasteiger partial charge on any atom is 0.331 e. The third-order valence-electron chi connectivity index (χ3n) is 2.91. The summed E-state index contributed by atoms with van der Waals surface area (Å²) in [5.41, 5.74) is 0. The van der Waals surface area contributed by atoms with Gasteiger partial charge in [0.25, 0.3) is 0 Å². The summed E-state index contributed by atoms with van der Waals surface area (Å²) >= 11 is 0. The second kappa shape index (κ2) is 8.69. The molecule has 1 fully saturated rings. The highest BCUT2D eigenvalue weighted by Gasteiger charge is 2.09. The molecule has 0 aromatic heterocycles. The quantitative estimate of drug-likeness (QED) is 0.544.